The van der Waals surface area contributed by atoms with Gasteiger partial charge in [0.25, 0.3) is 6.43 Å². The average Bonchev–Trinajstić information content (AvgIpc) is 2.47. The minimum Gasteiger partial charge on any atom is -0.304 e. The molecule has 1 nitrogen and oxygen atoms in total. The molecule has 1 aromatic rings. The van der Waals surface area contributed by atoms with Crippen molar-refractivity contribution in [2.75, 3.05) is 6.54 Å². The summed E-state index contributed by atoms with van der Waals surface area (Å²) < 4.78 is 24.7. The highest BCUT2D eigenvalue weighted by molar-refractivity contribution is 9.10. The molecule has 0 fully saturated rings. The molecule has 1 rings (SSSR count). The third kappa shape index (κ3) is 3.70. The van der Waals surface area contributed by atoms with Gasteiger partial charge in [0.05, 0.1) is 6.54 Å². The number of nitrogens with one attached hydrogen (secondary N) is 1. The van der Waals surface area contributed by atoms with Crippen LogP contribution in [0.2, 0.25) is 0 Å². The average molecular weight is 270 g/mol. The third-order valence-corrected chi connectivity index (χ3v) is 3.47. The van der Waals surface area contributed by atoms with Gasteiger partial charge in [0.1, 0.15) is 0 Å². The van der Waals surface area contributed by atoms with Crippen LogP contribution in [0.15, 0.2) is 15.9 Å². The van der Waals surface area contributed by atoms with Crippen molar-refractivity contribution in [2.24, 2.45) is 0 Å². The van der Waals surface area contributed by atoms with Crippen LogP contribution in [0.1, 0.15) is 17.8 Å². The van der Waals surface area contributed by atoms with Crippen LogP contribution in [0.5, 0.6) is 0 Å². The summed E-state index contributed by atoms with van der Waals surface area (Å²) in [6, 6.07) is 1.93. The molecule has 0 bridgehead atoms. The Balaban J connectivity index is 2.44. The van der Waals surface area contributed by atoms with Gasteiger partial charge in [-0.1, -0.05) is 0 Å². The van der Waals surface area contributed by atoms with Crippen LogP contribution in [0.25, 0.3) is 0 Å². The Morgan fingerprint density at radius 3 is 2.77 bits per heavy atom. The monoisotopic (exact) mass is 269 g/mol. The Hall–Kier alpha value is -0.0000000000000000833. The molecule has 1 atom stereocenters. The zero-order valence-electron chi connectivity index (χ0n) is 7.06. The summed E-state index contributed by atoms with van der Waals surface area (Å²) in [6.45, 7) is 1.62. The Morgan fingerprint density at radius 2 is 2.31 bits per heavy atom. The largest absolute Gasteiger partial charge is 0.304 e. The summed E-state index contributed by atoms with van der Waals surface area (Å²) in [5, 5.41) is 4.69. The highest BCUT2D eigenvalue weighted by atomic mass is 79.9. The second-order valence-electron chi connectivity index (χ2n) is 2.69. The second-order valence-corrected chi connectivity index (χ2v) is 4.55. The van der Waals surface area contributed by atoms with Gasteiger partial charge in [0.2, 0.25) is 0 Å². The van der Waals surface area contributed by atoms with Gasteiger partial charge in [0, 0.05) is 20.8 Å². The van der Waals surface area contributed by atoms with Gasteiger partial charge in [-0.2, -0.15) is 0 Å². The molecule has 1 aromatic heterocycles. The molecule has 0 aliphatic rings. The minimum absolute atomic E-state index is 0.00898. The highest BCUT2D eigenvalue weighted by Gasteiger charge is 2.09. The maximum absolute atomic E-state index is 11.8. The van der Waals surface area contributed by atoms with Gasteiger partial charge in [-0.05, 0) is 28.9 Å². The van der Waals surface area contributed by atoms with Crippen molar-refractivity contribution >= 4 is 27.3 Å². The van der Waals surface area contributed by atoms with Crippen LogP contribution >= 0.6 is 27.3 Å². The van der Waals surface area contributed by atoms with Crippen LogP contribution in [0, 0.1) is 0 Å². The molecule has 0 aliphatic heterocycles. The van der Waals surface area contributed by atoms with Gasteiger partial charge >= 0.3 is 0 Å². The number of alkyl halides is 2. The quantitative estimate of drug-likeness (QED) is 0.883. The number of hydrogen-bond acceptors (Lipinski definition) is 2. The van der Waals surface area contributed by atoms with Crippen LogP contribution in [0.4, 0.5) is 8.78 Å². The first-order valence-corrected chi connectivity index (χ1v) is 5.52. The molecular weight excluding hydrogens is 260 g/mol. The molecule has 0 saturated heterocycles. The standard InChI is InChI=1S/C8H10BrF2NS/c1-5(12-3-8(10)11)7-2-6(9)4-13-7/h2,4-5,8,12H,3H2,1H3. The Bertz CT molecular complexity index is 264. The topological polar surface area (TPSA) is 12.0 Å². The SMILES string of the molecule is CC(NCC(F)F)c1cc(Br)cs1. The lowest BCUT2D eigenvalue weighted by Crippen LogP contribution is -2.23. The van der Waals surface area contributed by atoms with E-state index < -0.39 is 6.43 Å². The molecule has 0 amide bonds. The lowest BCUT2D eigenvalue weighted by Gasteiger charge is -2.10. The fraction of sp³-hybridized carbons (Fsp3) is 0.500. The van der Waals surface area contributed by atoms with Gasteiger partial charge in [0.15, 0.2) is 0 Å². The zero-order chi connectivity index (χ0) is 9.84. The molecule has 1 N–H and O–H groups in total. The molecule has 0 aromatic carbocycles. The van der Waals surface area contributed by atoms with Crippen molar-refractivity contribution in [1.82, 2.24) is 5.32 Å². The maximum atomic E-state index is 11.8. The minimum atomic E-state index is -2.29. The van der Waals surface area contributed by atoms with Crippen LogP contribution in [0.3, 0.4) is 0 Å². The molecule has 5 heteroatoms. The van der Waals surface area contributed by atoms with Crippen molar-refractivity contribution in [2.45, 2.75) is 19.4 Å². The highest BCUT2D eigenvalue weighted by Crippen LogP contribution is 2.25. The summed E-state index contributed by atoms with van der Waals surface area (Å²) >= 11 is 4.87. The van der Waals surface area contributed by atoms with Gasteiger partial charge in [-0.15, -0.1) is 11.3 Å². The fourth-order valence-electron chi connectivity index (χ4n) is 0.922. The first-order chi connectivity index (χ1) is 6.09. The molecule has 0 spiro atoms. The van der Waals surface area contributed by atoms with Gasteiger partial charge < -0.3 is 5.32 Å². The van der Waals surface area contributed by atoms with Crippen LogP contribution < -0.4 is 5.32 Å². The van der Waals surface area contributed by atoms with E-state index in [-0.39, 0.29) is 12.6 Å². The van der Waals surface area contributed by atoms with E-state index in [9.17, 15) is 8.78 Å². The number of halogens is 3. The van der Waals surface area contributed by atoms with Crippen molar-refractivity contribution < 1.29 is 8.78 Å². The molecule has 0 radical (unpaired) electrons. The Kier molecular flexibility index (Phi) is 4.28. The Labute approximate surface area is 88.3 Å². The predicted octanol–water partition coefficient (Wildman–Crippen LogP) is 3.43. The van der Waals surface area contributed by atoms with E-state index in [1.807, 2.05) is 18.4 Å². The predicted molar refractivity (Wildman–Crippen MR) is 54.4 cm³/mol. The summed E-state index contributed by atoms with van der Waals surface area (Å²) in [4.78, 5) is 1.06. The summed E-state index contributed by atoms with van der Waals surface area (Å²) in [6.07, 6.45) is -2.29. The molecule has 0 saturated carbocycles. The summed E-state index contributed by atoms with van der Waals surface area (Å²) in [5.41, 5.74) is 0. The van der Waals surface area contributed by atoms with Crippen molar-refractivity contribution in [1.29, 1.82) is 0 Å². The van der Waals surface area contributed by atoms with Gasteiger partial charge in [-0.3, -0.25) is 0 Å². The lowest BCUT2D eigenvalue weighted by atomic mass is 10.3. The van der Waals surface area contributed by atoms with Crippen molar-refractivity contribution in [3.63, 3.8) is 0 Å². The first kappa shape index (κ1) is 11.1. The summed E-state index contributed by atoms with van der Waals surface area (Å²) in [7, 11) is 0. The number of rotatable bonds is 4. The molecule has 1 unspecified atom stereocenters. The van der Waals surface area contributed by atoms with Crippen LogP contribution in [-0.2, 0) is 0 Å². The van der Waals surface area contributed by atoms with Crippen LogP contribution in [-0.4, -0.2) is 13.0 Å². The second kappa shape index (κ2) is 5.02. The molecule has 0 aliphatic carbocycles. The smallest absolute Gasteiger partial charge is 0.250 e. The molecule has 1 heterocycles. The lowest BCUT2D eigenvalue weighted by molar-refractivity contribution is 0.142. The van der Waals surface area contributed by atoms with E-state index >= 15 is 0 Å². The number of thiophene rings is 1. The van der Waals surface area contributed by atoms with E-state index in [1.165, 1.54) is 0 Å². The van der Waals surface area contributed by atoms with E-state index in [2.05, 4.69) is 21.2 Å². The van der Waals surface area contributed by atoms with Gasteiger partial charge in [-0.25, -0.2) is 8.78 Å². The van der Waals surface area contributed by atoms with Crippen molar-refractivity contribution in [3.05, 3.63) is 20.8 Å². The van der Waals surface area contributed by atoms with E-state index in [1.54, 1.807) is 11.3 Å². The fourth-order valence-corrected chi connectivity index (χ4v) is 2.40. The molecule has 74 valence electrons. The molecule has 13 heavy (non-hydrogen) atoms. The summed E-state index contributed by atoms with van der Waals surface area (Å²) in [5.74, 6) is 0. The van der Waals surface area contributed by atoms with E-state index in [4.69, 9.17) is 0 Å². The van der Waals surface area contributed by atoms with E-state index in [0.717, 1.165) is 9.35 Å². The number of hydrogen-bond donors (Lipinski definition) is 1. The third-order valence-electron chi connectivity index (χ3n) is 1.59. The van der Waals surface area contributed by atoms with Crippen molar-refractivity contribution in [3.8, 4) is 0 Å². The first-order valence-electron chi connectivity index (χ1n) is 3.85. The zero-order valence-corrected chi connectivity index (χ0v) is 9.46. The molecular formula is C8H10BrF2NS. The maximum Gasteiger partial charge on any atom is 0.250 e. The Morgan fingerprint density at radius 1 is 1.62 bits per heavy atom. The normalized spacial score (nSPS) is 13.6. The van der Waals surface area contributed by atoms with E-state index in [0.29, 0.717) is 0 Å².